The highest BCUT2D eigenvalue weighted by Gasteiger charge is 2.02. The van der Waals surface area contributed by atoms with Crippen molar-refractivity contribution in [3.63, 3.8) is 0 Å². The Morgan fingerprint density at radius 3 is 3.11 bits per heavy atom. The Bertz CT molecular complexity index is 476. The highest BCUT2D eigenvalue weighted by molar-refractivity contribution is 5.12. The van der Waals surface area contributed by atoms with E-state index >= 15 is 0 Å². The lowest BCUT2D eigenvalue weighted by Gasteiger charge is -2.01. The third-order valence-corrected chi connectivity index (χ3v) is 2.64. The molecule has 2 rings (SSSR count). The van der Waals surface area contributed by atoms with E-state index < -0.39 is 0 Å². The van der Waals surface area contributed by atoms with Gasteiger partial charge in [-0.15, -0.1) is 0 Å². The first-order valence-corrected chi connectivity index (χ1v) is 6.04. The van der Waals surface area contributed by atoms with Crippen LogP contribution in [0.2, 0.25) is 0 Å². The lowest BCUT2D eigenvalue weighted by atomic mass is 10.3. The summed E-state index contributed by atoms with van der Waals surface area (Å²) in [5, 5.41) is 7.18. The molecule has 18 heavy (non-hydrogen) atoms. The first-order valence-electron chi connectivity index (χ1n) is 6.04. The lowest BCUT2D eigenvalue weighted by molar-refractivity contribution is 0.199. The van der Waals surface area contributed by atoms with E-state index in [1.54, 1.807) is 7.11 Å². The van der Waals surface area contributed by atoms with Crippen LogP contribution in [0.5, 0.6) is 0 Å². The van der Waals surface area contributed by atoms with Gasteiger partial charge < -0.3 is 19.1 Å². The van der Waals surface area contributed by atoms with Crippen LogP contribution in [0.3, 0.4) is 0 Å². The van der Waals surface area contributed by atoms with Gasteiger partial charge in [0.25, 0.3) is 0 Å². The normalized spacial score (nSPS) is 11.0. The van der Waals surface area contributed by atoms with Crippen LogP contribution in [0, 0.1) is 6.92 Å². The number of hydrogen-bond acceptors (Lipinski definition) is 4. The summed E-state index contributed by atoms with van der Waals surface area (Å²) in [5.41, 5.74) is 2.17. The van der Waals surface area contributed by atoms with Gasteiger partial charge in [-0.05, 0) is 18.6 Å². The number of aryl methyl sites for hydroxylation is 1. The summed E-state index contributed by atoms with van der Waals surface area (Å²) in [7, 11) is 1.71. The standard InChI is InChI=1S/C13H19N3O2/c1-11-7-13(18-15-11)10-16-5-3-12(9-16)8-14-4-6-17-2/h3,5,7,9,14H,4,6,8,10H2,1-2H3. The molecule has 5 heteroatoms. The Hall–Kier alpha value is -1.59. The predicted octanol–water partition coefficient (Wildman–Crippen LogP) is 1.57. The zero-order chi connectivity index (χ0) is 12.8. The van der Waals surface area contributed by atoms with Gasteiger partial charge in [0.15, 0.2) is 5.76 Å². The van der Waals surface area contributed by atoms with Crippen LogP contribution in [-0.4, -0.2) is 30.0 Å². The molecule has 98 valence electrons. The summed E-state index contributed by atoms with van der Waals surface area (Å²) >= 11 is 0. The van der Waals surface area contributed by atoms with Gasteiger partial charge in [0.2, 0.25) is 0 Å². The molecule has 2 aromatic heterocycles. The molecule has 0 radical (unpaired) electrons. The molecule has 0 spiro atoms. The Balaban J connectivity index is 1.82. The topological polar surface area (TPSA) is 52.2 Å². The molecule has 1 N–H and O–H groups in total. The molecule has 0 aliphatic heterocycles. The molecule has 2 aromatic rings. The summed E-state index contributed by atoms with van der Waals surface area (Å²) in [6, 6.07) is 4.06. The second-order valence-corrected chi connectivity index (χ2v) is 4.30. The second-order valence-electron chi connectivity index (χ2n) is 4.30. The predicted molar refractivity (Wildman–Crippen MR) is 68.4 cm³/mol. The molecule has 0 saturated carbocycles. The number of nitrogens with zero attached hydrogens (tertiary/aromatic N) is 2. The largest absolute Gasteiger partial charge is 0.383 e. The summed E-state index contributed by atoms with van der Waals surface area (Å²) in [4.78, 5) is 0. The van der Waals surface area contributed by atoms with Crippen LogP contribution in [0.4, 0.5) is 0 Å². The molecule has 2 heterocycles. The molecular formula is C13H19N3O2. The van der Waals surface area contributed by atoms with Gasteiger partial charge in [0.1, 0.15) is 0 Å². The highest BCUT2D eigenvalue weighted by atomic mass is 16.5. The van der Waals surface area contributed by atoms with Crippen molar-refractivity contribution in [2.75, 3.05) is 20.3 Å². The van der Waals surface area contributed by atoms with Crippen LogP contribution < -0.4 is 5.32 Å². The van der Waals surface area contributed by atoms with Crippen molar-refractivity contribution in [3.05, 3.63) is 41.5 Å². The zero-order valence-electron chi connectivity index (χ0n) is 10.8. The summed E-state index contributed by atoms with van der Waals surface area (Å²) < 4.78 is 12.3. The molecule has 5 nitrogen and oxygen atoms in total. The molecule has 0 fully saturated rings. The number of methoxy groups -OCH3 is 1. The molecule has 0 aliphatic carbocycles. The van der Waals surface area contributed by atoms with Gasteiger partial charge >= 0.3 is 0 Å². The van der Waals surface area contributed by atoms with Crippen molar-refractivity contribution in [2.24, 2.45) is 0 Å². The minimum Gasteiger partial charge on any atom is -0.383 e. The van der Waals surface area contributed by atoms with Crippen molar-refractivity contribution in [1.82, 2.24) is 15.0 Å². The van der Waals surface area contributed by atoms with E-state index in [0.717, 1.165) is 37.7 Å². The number of nitrogens with one attached hydrogen (secondary N) is 1. The summed E-state index contributed by atoms with van der Waals surface area (Å²) in [6.45, 7) is 5.10. The van der Waals surface area contributed by atoms with Crippen LogP contribution in [0.1, 0.15) is 17.0 Å². The van der Waals surface area contributed by atoms with Crippen LogP contribution in [-0.2, 0) is 17.8 Å². The third kappa shape index (κ3) is 3.72. The molecule has 0 aliphatic rings. The van der Waals surface area contributed by atoms with E-state index in [4.69, 9.17) is 9.26 Å². The molecule has 0 atom stereocenters. The van der Waals surface area contributed by atoms with Crippen molar-refractivity contribution in [3.8, 4) is 0 Å². The SMILES string of the molecule is COCCNCc1ccn(Cc2cc(C)no2)c1. The maximum absolute atomic E-state index is 5.19. The van der Waals surface area contributed by atoms with E-state index in [2.05, 4.69) is 27.3 Å². The number of aromatic nitrogens is 2. The Labute approximate surface area is 107 Å². The monoisotopic (exact) mass is 249 g/mol. The number of ether oxygens (including phenoxy) is 1. The fourth-order valence-electron chi connectivity index (χ4n) is 1.77. The fraction of sp³-hybridized carbons (Fsp3) is 0.462. The smallest absolute Gasteiger partial charge is 0.156 e. The Morgan fingerprint density at radius 1 is 1.50 bits per heavy atom. The Kier molecular flexibility index (Phi) is 4.55. The summed E-state index contributed by atoms with van der Waals surface area (Å²) in [6.07, 6.45) is 4.16. The second kappa shape index (κ2) is 6.37. The van der Waals surface area contributed by atoms with E-state index in [9.17, 15) is 0 Å². The lowest BCUT2D eigenvalue weighted by Crippen LogP contribution is -2.18. The first-order chi connectivity index (χ1) is 8.78. The third-order valence-electron chi connectivity index (χ3n) is 2.64. The maximum Gasteiger partial charge on any atom is 0.156 e. The number of rotatable bonds is 7. The zero-order valence-corrected chi connectivity index (χ0v) is 10.8. The average molecular weight is 249 g/mol. The Morgan fingerprint density at radius 2 is 2.39 bits per heavy atom. The molecule has 0 aromatic carbocycles. The van der Waals surface area contributed by atoms with Crippen molar-refractivity contribution < 1.29 is 9.26 Å². The molecule has 0 bridgehead atoms. The van der Waals surface area contributed by atoms with Crippen molar-refractivity contribution >= 4 is 0 Å². The maximum atomic E-state index is 5.19. The average Bonchev–Trinajstić information content (AvgIpc) is 2.95. The van der Waals surface area contributed by atoms with Crippen molar-refractivity contribution in [2.45, 2.75) is 20.0 Å². The van der Waals surface area contributed by atoms with Gasteiger partial charge in [-0.1, -0.05) is 5.16 Å². The molecule has 0 unspecified atom stereocenters. The van der Waals surface area contributed by atoms with E-state index in [1.807, 2.05) is 19.2 Å². The van der Waals surface area contributed by atoms with Gasteiger partial charge in [-0.2, -0.15) is 0 Å². The van der Waals surface area contributed by atoms with E-state index in [1.165, 1.54) is 5.56 Å². The van der Waals surface area contributed by atoms with Gasteiger partial charge in [0.05, 0.1) is 18.8 Å². The fourth-order valence-corrected chi connectivity index (χ4v) is 1.77. The molecule has 0 amide bonds. The minimum atomic E-state index is 0.721. The van der Waals surface area contributed by atoms with Crippen LogP contribution in [0.25, 0.3) is 0 Å². The van der Waals surface area contributed by atoms with Gasteiger partial charge in [-0.3, -0.25) is 0 Å². The summed E-state index contributed by atoms with van der Waals surface area (Å²) in [5.74, 6) is 0.877. The number of hydrogen-bond donors (Lipinski definition) is 1. The minimum absolute atomic E-state index is 0.721. The van der Waals surface area contributed by atoms with E-state index in [0.29, 0.717) is 0 Å². The quantitative estimate of drug-likeness (QED) is 0.757. The van der Waals surface area contributed by atoms with Crippen molar-refractivity contribution in [1.29, 1.82) is 0 Å². The van der Waals surface area contributed by atoms with Gasteiger partial charge in [0, 0.05) is 38.7 Å². The molecule has 0 saturated heterocycles. The molecular weight excluding hydrogens is 230 g/mol. The van der Waals surface area contributed by atoms with Crippen LogP contribution >= 0.6 is 0 Å². The van der Waals surface area contributed by atoms with Gasteiger partial charge in [-0.25, -0.2) is 0 Å². The highest BCUT2D eigenvalue weighted by Crippen LogP contribution is 2.07. The first kappa shape index (κ1) is 12.9. The van der Waals surface area contributed by atoms with E-state index in [-0.39, 0.29) is 0 Å². The van der Waals surface area contributed by atoms with Crippen LogP contribution in [0.15, 0.2) is 29.0 Å².